The summed E-state index contributed by atoms with van der Waals surface area (Å²) >= 11 is 1.76. The van der Waals surface area contributed by atoms with Gasteiger partial charge in [0.2, 0.25) is 5.91 Å². The lowest BCUT2D eigenvalue weighted by Crippen LogP contribution is -2.43. The Balaban J connectivity index is 1.26. The molecule has 0 spiro atoms. The lowest BCUT2D eigenvalue weighted by molar-refractivity contribution is -0.125. The predicted molar refractivity (Wildman–Crippen MR) is 131 cm³/mol. The van der Waals surface area contributed by atoms with Gasteiger partial charge in [0.1, 0.15) is 0 Å². The second-order valence-electron chi connectivity index (χ2n) is 9.63. The molecule has 170 valence electrons. The van der Waals surface area contributed by atoms with Crippen LogP contribution in [0.25, 0.3) is 10.2 Å². The van der Waals surface area contributed by atoms with Gasteiger partial charge in [0.15, 0.2) is 5.13 Å². The molecule has 2 aromatic rings. The van der Waals surface area contributed by atoms with E-state index in [1.165, 1.54) is 47.9 Å². The van der Waals surface area contributed by atoms with E-state index < -0.39 is 0 Å². The summed E-state index contributed by atoms with van der Waals surface area (Å²) in [5.74, 6) is 0.290. The van der Waals surface area contributed by atoms with Crippen LogP contribution in [0.4, 0.5) is 5.13 Å². The molecule has 1 atom stereocenters. The fraction of sp³-hybridized carbons (Fsp3) is 0.680. The number of hydrogen-bond donors (Lipinski definition) is 1. The third-order valence-corrected chi connectivity index (χ3v) is 8.13. The maximum Gasteiger partial charge on any atom is 0.224 e. The fourth-order valence-electron chi connectivity index (χ4n) is 5.25. The number of rotatable bonds is 7. The van der Waals surface area contributed by atoms with Crippen molar-refractivity contribution < 1.29 is 4.79 Å². The van der Waals surface area contributed by atoms with Crippen molar-refractivity contribution in [1.82, 2.24) is 15.2 Å². The molecule has 0 bridgehead atoms. The highest BCUT2D eigenvalue weighted by molar-refractivity contribution is 7.22. The summed E-state index contributed by atoms with van der Waals surface area (Å²) < 4.78 is 1.25. The van der Waals surface area contributed by atoms with Gasteiger partial charge in [-0.2, -0.15) is 0 Å². The zero-order chi connectivity index (χ0) is 21.8. The Hall–Kier alpha value is -1.66. The molecule has 0 radical (unpaired) electrons. The Kier molecular flexibility index (Phi) is 7.49. The quantitative estimate of drug-likeness (QED) is 0.620. The van der Waals surface area contributed by atoms with Crippen molar-refractivity contribution in [2.24, 2.45) is 5.92 Å². The van der Waals surface area contributed by atoms with Gasteiger partial charge in [0.25, 0.3) is 0 Å². The minimum absolute atomic E-state index is 0.0691. The number of nitrogens with zero attached hydrogens (tertiary/aromatic N) is 3. The highest BCUT2D eigenvalue weighted by Crippen LogP contribution is 2.33. The Morgan fingerprint density at radius 1 is 1.19 bits per heavy atom. The van der Waals surface area contributed by atoms with Gasteiger partial charge in [0.05, 0.1) is 16.1 Å². The standard InChI is InChI=1S/C25H38N4OS/c1-18-15-19(2)23-22(16-18)31-25(27-23)29-14-7-9-20(17-29)24(30)26-12-8-13-28(3)21-10-5-4-6-11-21/h15-16,20-21H,4-14,17H2,1-3H3,(H,26,30)/t20-/m0/s1. The monoisotopic (exact) mass is 442 g/mol. The number of aromatic nitrogens is 1. The maximum atomic E-state index is 12.8. The number of anilines is 1. The maximum absolute atomic E-state index is 12.8. The first-order valence-corrected chi connectivity index (χ1v) is 12.9. The zero-order valence-electron chi connectivity index (χ0n) is 19.5. The molecular weight excluding hydrogens is 404 g/mol. The molecule has 0 unspecified atom stereocenters. The molecule has 6 heteroatoms. The van der Waals surface area contributed by atoms with Crippen LogP contribution < -0.4 is 10.2 Å². The lowest BCUT2D eigenvalue weighted by atomic mass is 9.94. The number of amides is 1. The van der Waals surface area contributed by atoms with Crippen molar-refractivity contribution in [2.75, 3.05) is 38.1 Å². The molecule has 2 aliphatic rings. The number of thiazole rings is 1. The summed E-state index contributed by atoms with van der Waals surface area (Å²) in [6.07, 6.45) is 9.89. The average Bonchev–Trinajstić information content (AvgIpc) is 3.21. The number of aryl methyl sites for hydroxylation is 2. The summed E-state index contributed by atoms with van der Waals surface area (Å²) in [4.78, 5) is 22.6. The smallest absolute Gasteiger partial charge is 0.224 e. The number of carbonyl (C=O) groups excluding carboxylic acids is 1. The second-order valence-corrected chi connectivity index (χ2v) is 10.6. The summed E-state index contributed by atoms with van der Waals surface area (Å²) in [7, 11) is 2.25. The first-order chi connectivity index (χ1) is 15.0. The second kappa shape index (κ2) is 10.3. The Morgan fingerprint density at radius 3 is 2.81 bits per heavy atom. The van der Waals surface area contributed by atoms with Crippen molar-refractivity contribution in [3.63, 3.8) is 0 Å². The number of carbonyl (C=O) groups is 1. The molecule has 1 aromatic heterocycles. The van der Waals surface area contributed by atoms with Crippen LogP contribution in [0.2, 0.25) is 0 Å². The van der Waals surface area contributed by atoms with E-state index in [-0.39, 0.29) is 11.8 Å². The summed E-state index contributed by atoms with van der Waals surface area (Å²) in [6.45, 7) is 7.91. The third kappa shape index (κ3) is 5.58. The van der Waals surface area contributed by atoms with Crippen molar-refractivity contribution >= 4 is 32.6 Å². The largest absolute Gasteiger partial charge is 0.356 e. The summed E-state index contributed by atoms with van der Waals surface area (Å²) in [5.41, 5.74) is 3.63. The van der Waals surface area contributed by atoms with Crippen LogP contribution in [-0.4, -0.2) is 55.1 Å². The van der Waals surface area contributed by atoms with E-state index in [2.05, 4.69) is 48.1 Å². The highest BCUT2D eigenvalue weighted by atomic mass is 32.1. The number of hydrogen-bond acceptors (Lipinski definition) is 5. The molecule has 1 N–H and O–H groups in total. The topological polar surface area (TPSA) is 48.5 Å². The van der Waals surface area contributed by atoms with Crippen LogP contribution >= 0.6 is 11.3 Å². The molecule has 1 aliphatic heterocycles. The fourth-order valence-corrected chi connectivity index (χ4v) is 6.42. The average molecular weight is 443 g/mol. The van der Waals surface area contributed by atoms with Gasteiger partial charge in [-0.15, -0.1) is 0 Å². The van der Waals surface area contributed by atoms with E-state index in [4.69, 9.17) is 4.98 Å². The number of nitrogens with one attached hydrogen (secondary N) is 1. The van der Waals surface area contributed by atoms with Crippen LogP contribution in [0.15, 0.2) is 12.1 Å². The van der Waals surface area contributed by atoms with Crippen molar-refractivity contribution in [3.8, 4) is 0 Å². The van der Waals surface area contributed by atoms with Gasteiger partial charge in [-0.1, -0.05) is 36.7 Å². The molecule has 1 saturated heterocycles. The highest BCUT2D eigenvalue weighted by Gasteiger charge is 2.27. The molecular formula is C25H38N4OS. The minimum atomic E-state index is 0.0691. The van der Waals surface area contributed by atoms with Crippen LogP contribution in [0.5, 0.6) is 0 Å². The normalized spacial score (nSPS) is 20.5. The van der Waals surface area contributed by atoms with E-state index in [0.29, 0.717) is 0 Å². The first kappa shape index (κ1) is 22.5. The first-order valence-electron chi connectivity index (χ1n) is 12.1. The van der Waals surface area contributed by atoms with E-state index in [1.54, 1.807) is 11.3 Å². The molecule has 1 amide bonds. The van der Waals surface area contributed by atoms with Crippen molar-refractivity contribution in [1.29, 1.82) is 0 Å². The minimum Gasteiger partial charge on any atom is -0.356 e. The van der Waals surface area contributed by atoms with E-state index >= 15 is 0 Å². The van der Waals surface area contributed by atoms with Crippen LogP contribution in [0.1, 0.15) is 62.5 Å². The van der Waals surface area contributed by atoms with Crippen LogP contribution in [0.3, 0.4) is 0 Å². The molecule has 4 rings (SSSR count). The van der Waals surface area contributed by atoms with E-state index in [9.17, 15) is 4.79 Å². The SMILES string of the molecule is Cc1cc(C)c2nc(N3CCC[C@H](C(=O)NCCCN(C)C4CCCCC4)C3)sc2c1. The van der Waals surface area contributed by atoms with Gasteiger partial charge in [-0.05, 0) is 76.7 Å². The summed E-state index contributed by atoms with van der Waals surface area (Å²) in [6, 6.07) is 5.17. The third-order valence-electron chi connectivity index (χ3n) is 7.07. The molecule has 2 heterocycles. The van der Waals surface area contributed by atoms with E-state index in [1.807, 2.05) is 0 Å². The summed E-state index contributed by atoms with van der Waals surface area (Å²) in [5, 5.41) is 4.28. The van der Waals surface area contributed by atoms with Crippen molar-refractivity contribution in [2.45, 2.75) is 71.3 Å². The van der Waals surface area contributed by atoms with Gasteiger partial charge < -0.3 is 15.1 Å². The molecule has 1 saturated carbocycles. The van der Waals surface area contributed by atoms with Gasteiger partial charge in [0, 0.05) is 25.7 Å². The van der Waals surface area contributed by atoms with Gasteiger partial charge in [-0.25, -0.2) is 4.98 Å². The zero-order valence-corrected chi connectivity index (χ0v) is 20.3. The van der Waals surface area contributed by atoms with Crippen molar-refractivity contribution in [3.05, 3.63) is 23.3 Å². The lowest BCUT2D eigenvalue weighted by Gasteiger charge is -2.32. The molecule has 1 aliphatic carbocycles. The predicted octanol–water partition coefficient (Wildman–Crippen LogP) is 4.90. The molecule has 2 fully saturated rings. The number of benzene rings is 1. The van der Waals surface area contributed by atoms with Crippen LogP contribution in [-0.2, 0) is 4.79 Å². The Bertz CT molecular complexity index is 889. The number of fused-ring (bicyclic) bond motifs is 1. The van der Waals surface area contributed by atoms with Crippen LogP contribution in [0, 0.1) is 19.8 Å². The molecule has 31 heavy (non-hydrogen) atoms. The Morgan fingerprint density at radius 2 is 2.00 bits per heavy atom. The van der Waals surface area contributed by atoms with Gasteiger partial charge >= 0.3 is 0 Å². The Labute approximate surface area is 191 Å². The van der Waals surface area contributed by atoms with E-state index in [0.717, 1.165) is 62.1 Å². The molecule has 1 aromatic carbocycles. The van der Waals surface area contributed by atoms with Gasteiger partial charge in [-0.3, -0.25) is 4.79 Å². The molecule has 5 nitrogen and oxygen atoms in total. The number of piperidine rings is 1.